The number of thiazole rings is 1. The van der Waals surface area contributed by atoms with Crippen molar-refractivity contribution in [1.29, 1.82) is 0 Å². The summed E-state index contributed by atoms with van der Waals surface area (Å²) in [6.45, 7) is 8.03. The standard InChI is InChI=1S/C31H33N5O4S/c1-17(2)25(36-14-20-7-5-6-8-23(20)28(36)38)29(39)35-15-22(37)13-24(35)27-33-30(40)31(4,34-27)21-11-9-19(10-12-21)26-18(3)32-16-41-26/h5-12,16-17,22,24-25,37H,13-15H2,1-4H3,(H,33,34,40)/t22-,24?,25+,31?/m1/s1. The molecule has 10 heteroatoms. The number of carbonyl (C=O) groups is 3. The molecule has 3 aliphatic heterocycles. The number of likely N-dealkylation sites (tertiary alicyclic amines) is 1. The van der Waals surface area contributed by atoms with Crippen LogP contribution in [0.25, 0.3) is 10.4 Å². The number of fused-ring (bicyclic) bond motifs is 1. The number of aliphatic imine (C=N–C) groups is 1. The normalized spacial score (nSPS) is 24.6. The van der Waals surface area contributed by atoms with Gasteiger partial charge in [0.15, 0.2) is 5.54 Å². The molecule has 41 heavy (non-hydrogen) atoms. The summed E-state index contributed by atoms with van der Waals surface area (Å²) in [5.74, 6) is -0.500. The lowest BCUT2D eigenvalue weighted by molar-refractivity contribution is -0.138. The topological polar surface area (TPSA) is 115 Å². The molecule has 212 valence electrons. The Bertz CT molecular complexity index is 1560. The largest absolute Gasteiger partial charge is 0.391 e. The lowest BCUT2D eigenvalue weighted by Gasteiger charge is -2.35. The summed E-state index contributed by atoms with van der Waals surface area (Å²) in [6, 6.07) is 13.8. The van der Waals surface area contributed by atoms with E-state index in [0.717, 1.165) is 27.3 Å². The van der Waals surface area contributed by atoms with E-state index in [0.29, 0.717) is 17.9 Å². The SMILES string of the molecule is Cc1ncsc1-c1ccc(C2(C)N=C(C3C[C@@H](O)CN3C(=O)[C@H](C(C)C)N3Cc4ccccc4C3=O)NC2=O)cc1. The Hall–Kier alpha value is -3.89. The van der Waals surface area contributed by atoms with Crippen LogP contribution in [0.4, 0.5) is 0 Å². The highest BCUT2D eigenvalue weighted by Gasteiger charge is 2.49. The fourth-order valence-corrected chi connectivity index (χ4v) is 7.01. The second-order valence-electron chi connectivity index (χ2n) is 11.5. The van der Waals surface area contributed by atoms with Crippen LogP contribution >= 0.6 is 11.3 Å². The average Bonchev–Trinajstić information content (AvgIpc) is 3.71. The molecule has 1 saturated heterocycles. The summed E-state index contributed by atoms with van der Waals surface area (Å²) in [5.41, 5.74) is 4.85. The second-order valence-corrected chi connectivity index (χ2v) is 12.4. The van der Waals surface area contributed by atoms with Crippen molar-refractivity contribution < 1.29 is 19.5 Å². The molecule has 3 amide bonds. The zero-order chi connectivity index (χ0) is 29.1. The van der Waals surface area contributed by atoms with Crippen LogP contribution in [0.2, 0.25) is 0 Å². The van der Waals surface area contributed by atoms with Gasteiger partial charge in [0.2, 0.25) is 5.91 Å². The van der Waals surface area contributed by atoms with E-state index in [1.807, 2.05) is 68.7 Å². The first-order valence-corrected chi connectivity index (χ1v) is 14.8. The van der Waals surface area contributed by atoms with Gasteiger partial charge in [0, 0.05) is 25.1 Å². The number of rotatable bonds is 6. The van der Waals surface area contributed by atoms with E-state index in [2.05, 4.69) is 10.3 Å². The zero-order valence-electron chi connectivity index (χ0n) is 23.5. The third kappa shape index (κ3) is 4.55. The number of nitrogens with zero attached hydrogens (tertiary/aromatic N) is 4. The summed E-state index contributed by atoms with van der Waals surface area (Å²) in [7, 11) is 0. The number of carbonyl (C=O) groups excluding carboxylic acids is 3. The molecule has 1 aromatic heterocycles. The number of nitrogens with one attached hydrogen (secondary N) is 1. The van der Waals surface area contributed by atoms with Crippen LogP contribution in [0, 0.1) is 12.8 Å². The van der Waals surface area contributed by atoms with Crippen LogP contribution in [0.15, 0.2) is 59.0 Å². The third-order valence-corrected chi connectivity index (χ3v) is 9.41. The second kappa shape index (κ2) is 10.2. The molecule has 0 aliphatic carbocycles. The van der Waals surface area contributed by atoms with Crippen LogP contribution in [-0.2, 0) is 21.7 Å². The number of aliphatic hydroxyl groups is 1. The Morgan fingerprint density at radius 3 is 2.54 bits per heavy atom. The first-order chi connectivity index (χ1) is 19.6. The molecule has 6 rings (SSSR count). The van der Waals surface area contributed by atoms with Crippen molar-refractivity contribution in [3.63, 3.8) is 0 Å². The van der Waals surface area contributed by atoms with Crippen molar-refractivity contribution in [2.75, 3.05) is 6.54 Å². The van der Waals surface area contributed by atoms with Gasteiger partial charge < -0.3 is 20.2 Å². The summed E-state index contributed by atoms with van der Waals surface area (Å²) < 4.78 is 0. The Morgan fingerprint density at radius 2 is 1.88 bits per heavy atom. The van der Waals surface area contributed by atoms with E-state index in [1.165, 1.54) is 0 Å². The maximum Gasteiger partial charge on any atom is 0.257 e. The molecule has 4 heterocycles. The van der Waals surface area contributed by atoms with Crippen LogP contribution in [0.1, 0.15) is 54.4 Å². The van der Waals surface area contributed by atoms with Crippen LogP contribution in [-0.4, -0.2) is 68.2 Å². The molecule has 3 aliphatic rings. The monoisotopic (exact) mass is 571 g/mol. The number of hydrogen-bond donors (Lipinski definition) is 2. The van der Waals surface area contributed by atoms with Crippen molar-refractivity contribution in [3.8, 4) is 10.4 Å². The van der Waals surface area contributed by atoms with E-state index in [9.17, 15) is 19.5 Å². The van der Waals surface area contributed by atoms with Gasteiger partial charge in [0.25, 0.3) is 11.8 Å². The first-order valence-electron chi connectivity index (χ1n) is 13.9. The summed E-state index contributed by atoms with van der Waals surface area (Å²) in [5, 5.41) is 13.6. The van der Waals surface area contributed by atoms with Gasteiger partial charge in [-0.3, -0.25) is 14.4 Å². The molecule has 0 spiro atoms. The molecule has 0 bridgehead atoms. The molecule has 4 atom stereocenters. The summed E-state index contributed by atoms with van der Waals surface area (Å²) in [6.07, 6.45) is -0.514. The minimum absolute atomic E-state index is 0.107. The number of benzene rings is 2. The van der Waals surface area contributed by atoms with Gasteiger partial charge in [-0.15, -0.1) is 11.3 Å². The quantitative estimate of drug-likeness (QED) is 0.470. The maximum absolute atomic E-state index is 14.1. The van der Waals surface area contributed by atoms with Crippen molar-refractivity contribution in [2.45, 2.75) is 64.4 Å². The van der Waals surface area contributed by atoms with Crippen LogP contribution < -0.4 is 5.32 Å². The molecule has 1 fully saturated rings. The van der Waals surface area contributed by atoms with E-state index in [-0.39, 0.29) is 36.6 Å². The Labute approximate surface area is 242 Å². The number of aryl methyl sites for hydroxylation is 1. The van der Waals surface area contributed by atoms with Gasteiger partial charge in [-0.2, -0.15) is 0 Å². The summed E-state index contributed by atoms with van der Waals surface area (Å²) in [4.78, 5) is 54.2. The maximum atomic E-state index is 14.1. The van der Waals surface area contributed by atoms with E-state index < -0.39 is 23.7 Å². The molecule has 3 aromatic rings. The summed E-state index contributed by atoms with van der Waals surface area (Å²) >= 11 is 1.57. The van der Waals surface area contributed by atoms with Gasteiger partial charge in [-0.25, -0.2) is 9.98 Å². The molecular formula is C31H33N5O4S. The highest BCUT2D eigenvalue weighted by molar-refractivity contribution is 7.13. The number of hydrogen-bond acceptors (Lipinski definition) is 7. The van der Waals surface area contributed by atoms with Gasteiger partial charge in [-0.1, -0.05) is 56.3 Å². The first kappa shape index (κ1) is 27.3. The Morgan fingerprint density at radius 1 is 1.15 bits per heavy atom. The molecular weight excluding hydrogens is 538 g/mol. The predicted molar refractivity (Wildman–Crippen MR) is 156 cm³/mol. The van der Waals surface area contributed by atoms with Gasteiger partial charge in [0.1, 0.15) is 11.9 Å². The van der Waals surface area contributed by atoms with Crippen LogP contribution in [0.3, 0.4) is 0 Å². The smallest absolute Gasteiger partial charge is 0.257 e. The number of amidine groups is 1. The number of aliphatic hydroxyl groups excluding tert-OH is 1. The highest BCUT2D eigenvalue weighted by Crippen LogP contribution is 2.36. The van der Waals surface area contributed by atoms with Crippen LogP contribution in [0.5, 0.6) is 0 Å². The fourth-order valence-electron chi connectivity index (χ4n) is 6.20. The van der Waals surface area contributed by atoms with E-state index in [4.69, 9.17) is 4.99 Å². The molecule has 2 aromatic carbocycles. The van der Waals surface area contributed by atoms with Crippen molar-refractivity contribution in [2.24, 2.45) is 10.9 Å². The molecule has 0 radical (unpaired) electrons. The zero-order valence-corrected chi connectivity index (χ0v) is 24.3. The minimum atomic E-state index is -1.18. The average molecular weight is 572 g/mol. The molecule has 2 N–H and O–H groups in total. The molecule has 2 unspecified atom stereocenters. The third-order valence-electron chi connectivity index (χ3n) is 8.43. The van der Waals surface area contributed by atoms with Gasteiger partial charge >= 0.3 is 0 Å². The molecule has 0 saturated carbocycles. The predicted octanol–water partition coefficient (Wildman–Crippen LogP) is 3.50. The molecule has 9 nitrogen and oxygen atoms in total. The Balaban J connectivity index is 1.27. The van der Waals surface area contributed by atoms with Crippen molar-refractivity contribution in [3.05, 3.63) is 76.4 Å². The lowest BCUT2D eigenvalue weighted by Crippen LogP contribution is -2.55. The van der Waals surface area contributed by atoms with Crippen molar-refractivity contribution in [1.82, 2.24) is 20.1 Å². The fraction of sp³-hybridized carbons (Fsp3) is 0.387. The van der Waals surface area contributed by atoms with Gasteiger partial charge in [-0.05, 0) is 42.5 Å². The van der Waals surface area contributed by atoms with E-state index >= 15 is 0 Å². The number of amides is 3. The number of aromatic nitrogens is 1. The number of β-amino-alcohol motifs (C(OH)–C–C–N with tert-alkyl or cyclic N) is 1. The lowest BCUT2D eigenvalue weighted by atomic mass is 9.91. The Kier molecular flexibility index (Phi) is 6.78. The highest BCUT2D eigenvalue weighted by atomic mass is 32.1. The van der Waals surface area contributed by atoms with Crippen molar-refractivity contribution >= 4 is 34.9 Å². The van der Waals surface area contributed by atoms with E-state index in [1.54, 1.807) is 34.1 Å². The van der Waals surface area contributed by atoms with Gasteiger partial charge in [0.05, 0.1) is 28.2 Å². The minimum Gasteiger partial charge on any atom is -0.391 e.